The van der Waals surface area contributed by atoms with Crippen LogP contribution in [-0.4, -0.2) is 9.78 Å². The molecule has 0 atom stereocenters. The van der Waals surface area contributed by atoms with E-state index in [0.717, 1.165) is 13.0 Å². The lowest BCUT2D eigenvalue weighted by Gasteiger charge is -1.95. The molecular formula is C10H20N2. The summed E-state index contributed by atoms with van der Waals surface area (Å²) in [5.74, 6) is 0. The summed E-state index contributed by atoms with van der Waals surface area (Å²) in [6.45, 7) is 11.3. The second kappa shape index (κ2) is 5.81. The minimum atomic E-state index is 0.978. The predicted molar refractivity (Wildman–Crippen MR) is 53.4 cm³/mol. The van der Waals surface area contributed by atoms with Gasteiger partial charge < -0.3 is 0 Å². The maximum absolute atomic E-state index is 4.36. The maximum atomic E-state index is 4.36. The molecule has 0 saturated heterocycles. The molecule has 0 fully saturated rings. The van der Waals surface area contributed by atoms with Crippen LogP contribution in [-0.2, 0) is 13.0 Å². The van der Waals surface area contributed by atoms with E-state index in [9.17, 15) is 0 Å². The Hall–Kier alpha value is -0.790. The Bertz CT molecular complexity index is 214. The summed E-state index contributed by atoms with van der Waals surface area (Å²) >= 11 is 0. The van der Waals surface area contributed by atoms with Crippen LogP contribution >= 0.6 is 0 Å². The summed E-state index contributed by atoms with van der Waals surface area (Å²) in [5.41, 5.74) is 2.46. The monoisotopic (exact) mass is 168 g/mol. The molecule has 2 nitrogen and oxygen atoms in total. The van der Waals surface area contributed by atoms with Gasteiger partial charge in [0, 0.05) is 12.2 Å². The normalized spacial score (nSPS) is 9.08. The van der Waals surface area contributed by atoms with Crippen LogP contribution in [0.25, 0.3) is 0 Å². The zero-order chi connectivity index (χ0) is 9.56. The Balaban J connectivity index is 0.000000561. The molecule has 12 heavy (non-hydrogen) atoms. The largest absolute Gasteiger partial charge is 0.270 e. The first-order chi connectivity index (χ1) is 5.77. The number of hydrogen-bond acceptors (Lipinski definition) is 1. The zero-order valence-electron chi connectivity index (χ0n) is 8.89. The molecular weight excluding hydrogens is 148 g/mol. The van der Waals surface area contributed by atoms with Crippen LogP contribution < -0.4 is 0 Å². The first-order valence-corrected chi connectivity index (χ1v) is 4.81. The van der Waals surface area contributed by atoms with Crippen LogP contribution in [0.1, 0.15) is 39.1 Å². The van der Waals surface area contributed by atoms with Gasteiger partial charge in [-0.15, -0.1) is 0 Å². The van der Waals surface area contributed by atoms with E-state index in [4.69, 9.17) is 0 Å². The van der Waals surface area contributed by atoms with Crippen molar-refractivity contribution in [2.45, 2.75) is 47.6 Å². The van der Waals surface area contributed by atoms with Crippen LogP contribution in [0.3, 0.4) is 0 Å². The quantitative estimate of drug-likeness (QED) is 0.664. The molecule has 0 aliphatic rings. The average Bonchev–Trinajstić information content (AvgIpc) is 2.49. The summed E-state index contributed by atoms with van der Waals surface area (Å²) in [6.07, 6.45) is 1.04. The smallest absolute Gasteiger partial charge is 0.0624 e. The molecule has 0 N–H and O–H groups in total. The fraction of sp³-hybridized carbons (Fsp3) is 0.700. The molecule has 0 unspecified atom stereocenters. The highest BCUT2D eigenvalue weighted by molar-refractivity contribution is 5.08. The highest BCUT2D eigenvalue weighted by Crippen LogP contribution is 2.02. The van der Waals surface area contributed by atoms with Gasteiger partial charge in [-0.3, -0.25) is 4.68 Å². The van der Waals surface area contributed by atoms with Gasteiger partial charge in [-0.05, 0) is 26.3 Å². The summed E-state index contributed by atoms with van der Waals surface area (Å²) in [7, 11) is 0. The third-order valence-corrected chi connectivity index (χ3v) is 1.69. The van der Waals surface area contributed by atoms with E-state index < -0.39 is 0 Å². The Morgan fingerprint density at radius 1 is 1.33 bits per heavy atom. The van der Waals surface area contributed by atoms with E-state index in [2.05, 4.69) is 31.9 Å². The Morgan fingerprint density at radius 2 is 1.92 bits per heavy atom. The zero-order valence-corrected chi connectivity index (χ0v) is 8.89. The van der Waals surface area contributed by atoms with Gasteiger partial charge in [0.25, 0.3) is 0 Å². The van der Waals surface area contributed by atoms with Crippen molar-refractivity contribution < 1.29 is 0 Å². The van der Waals surface area contributed by atoms with Crippen LogP contribution in [0.15, 0.2) is 6.07 Å². The molecule has 0 saturated carbocycles. The lowest BCUT2D eigenvalue weighted by molar-refractivity contribution is 0.630. The van der Waals surface area contributed by atoms with Gasteiger partial charge in [0.2, 0.25) is 0 Å². The third-order valence-electron chi connectivity index (χ3n) is 1.69. The Morgan fingerprint density at radius 3 is 2.17 bits per heavy atom. The Kier molecular flexibility index (Phi) is 5.43. The van der Waals surface area contributed by atoms with Crippen LogP contribution in [0.4, 0.5) is 0 Å². The molecule has 0 aromatic carbocycles. The van der Waals surface area contributed by atoms with E-state index in [1.54, 1.807) is 0 Å². The van der Waals surface area contributed by atoms with E-state index in [-0.39, 0.29) is 0 Å². The van der Waals surface area contributed by atoms with Crippen LogP contribution in [0.5, 0.6) is 0 Å². The van der Waals surface area contributed by atoms with Gasteiger partial charge in [0.15, 0.2) is 0 Å². The van der Waals surface area contributed by atoms with Gasteiger partial charge >= 0.3 is 0 Å². The number of hydrogen-bond donors (Lipinski definition) is 0. The summed E-state index contributed by atoms with van der Waals surface area (Å²) in [6, 6.07) is 2.14. The van der Waals surface area contributed by atoms with Crippen molar-refractivity contribution in [3.63, 3.8) is 0 Å². The SMILES string of the molecule is CC.CCc1cc(C)n(CC)n1. The fourth-order valence-corrected chi connectivity index (χ4v) is 1.07. The van der Waals surface area contributed by atoms with Crippen molar-refractivity contribution in [3.8, 4) is 0 Å². The number of aryl methyl sites for hydroxylation is 3. The summed E-state index contributed by atoms with van der Waals surface area (Å²) in [4.78, 5) is 0. The molecule has 0 spiro atoms. The molecule has 0 aliphatic heterocycles. The average molecular weight is 168 g/mol. The highest BCUT2D eigenvalue weighted by Gasteiger charge is 1.98. The summed E-state index contributed by atoms with van der Waals surface area (Å²) in [5, 5.41) is 4.36. The number of nitrogens with zero attached hydrogens (tertiary/aromatic N) is 2. The van der Waals surface area contributed by atoms with Gasteiger partial charge in [-0.2, -0.15) is 5.10 Å². The van der Waals surface area contributed by atoms with Crippen molar-refractivity contribution in [2.75, 3.05) is 0 Å². The van der Waals surface area contributed by atoms with Crippen molar-refractivity contribution in [3.05, 3.63) is 17.5 Å². The predicted octanol–water partition coefficient (Wildman–Crippen LogP) is 2.80. The maximum Gasteiger partial charge on any atom is 0.0624 e. The van der Waals surface area contributed by atoms with Crippen molar-refractivity contribution in [1.29, 1.82) is 0 Å². The first kappa shape index (κ1) is 11.2. The van der Waals surface area contributed by atoms with Crippen LogP contribution in [0.2, 0.25) is 0 Å². The van der Waals surface area contributed by atoms with Crippen molar-refractivity contribution in [1.82, 2.24) is 9.78 Å². The van der Waals surface area contributed by atoms with Gasteiger partial charge in [-0.25, -0.2) is 0 Å². The molecule has 1 heterocycles. The molecule has 1 aromatic heterocycles. The highest BCUT2D eigenvalue weighted by atomic mass is 15.3. The minimum Gasteiger partial charge on any atom is -0.270 e. The van der Waals surface area contributed by atoms with Crippen LogP contribution in [0, 0.1) is 6.92 Å². The second-order valence-electron chi connectivity index (χ2n) is 2.45. The van der Waals surface area contributed by atoms with E-state index >= 15 is 0 Å². The standard InChI is InChI=1S/C8H14N2.C2H6/c1-4-8-6-7(3)10(5-2)9-8;1-2/h6H,4-5H2,1-3H3;1-2H3. The van der Waals surface area contributed by atoms with E-state index in [0.29, 0.717) is 0 Å². The van der Waals surface area contributed by atoms with E-state index in [1.807, 2.05) is 18.5 Å². The van der Waals surface area contributed by atoms with E-state index in [1.165, 1.54) is 11.4 Å². The molecule has 0 bridgehead atoms. The molecule has 0 radical (unpaired) electrons. The van der Waals surface area contributed by atoms with Gasteiger partial charge in [0.05, 0.1) is 5.69 Å². The molecule has 0 aliphatic carbocycles. The molecule has 70 valence electrons. The van der Waals surface area contributed by atoms with Gasteiger partial charge in [-0.1, -0.05) is 20.8 Å². The molecule has 1 rings (SSSR count). The second-order valence-corrected chi connectivity index (χ2v) is 2.45. The molecule has 0 amide bonds. The Labute approximate surface area is 75.6 Å². The lowest BCUT2D eigenvalue weighted by atomic mass is 10.3. The van der Waals surface area contributed by atoms with Crippen molar-refractivity contribution >= 4 is 0 Å². The number of rotatable bonds is 2. The molecule has 2 heteroatoms. The summed E-state index contributed by atoms with van der Waals surface area (Å²) < 4.78 is 2.03. The minimum absolute atomic E-state index is 0.978. The fourth-order valence-electron chi connectivity index (χ4n) is 1.07. The topological polar surface area (TPSA) is 17.8 Å². The molecule has 1 aromatic rings. The van der Waals surface area contributed by atoms with Gasteiger partial charge in [0.1, 0.15) is 0 Å². The lowest BCUT2D eigenvalue weighted by Crippen LogP contribution is -1.98. The first-order valence-electron chi connectivity index (χ1n) is 4.81. The van der Waals surface area contributed by atoms with Crippen molar-refractivity contribution in [2.24, 2.45) is 0 Å². The number of aromatic nitrogens is 2. The third kappa shape index (κ3) is 2.68.